The van der Waals surface area contributed by atoms with E-state index >= 15 is 0 Å². The van der Waals surface area contributed by atoms with Crippen LogP contribution in [0.2, 0.25) is 0 Å². The highest BCUT2D eigenvalue weighted by Crippen LogP contribution is 2.21. The summed E-state index contributed by atoms with van der Waals surface area (Å²) >= 11 is 0. The number of fused-ring (bicyclic) bond motifs is 1. The third kappa shape index (κ3) is 5.06. The maximum Gasteiger partial charge on any atom is 0.410 e. The van der Waals surface area contributed by atoms with Crippen molar-refractivity contribution in [3.05, 3.63) is 65.0 Å². The Morgan fingerprint density at radius 3 is 2.59 bits per heavy atom. The predicted octanol–water partition coefficient (Wildman–Crippen LogP) is 3.73. The van der Waals surface area contributed by atoms with Gasteiger partial charge in [-0.25, -0.2) is 14.6 Å². The molecule has 1 aromatic carbocycles. The number of hydrogen-bond acceptors (Lipinski definition) is 5. The lowest BCUT2D eigenvalue weighted by molar-refractivity contribution is 0.00623. The molecule has 0 spiro atoms. The van der Waals surface area contributed by atoms with Crippen molar-refractivity contribution >= 4 is 12.1 Å². The SMILES string of the molecule is CC(C)(C)OC(=O)c1cc2c(cn1)CN(C(=O)OCc1ccccc1)CC2. The van der Waals surface area contributed by atoms with Gasteiger partial charge in [0, 0.05) is 12.7 Å². The lowest BCUT2D eigenvalue weighted by Crippen LogP contribution is -2.36. The molecular weight excluding hydrogens is 344 g/mol. The Morgan fingerprint density at radius 1 is 1.15 bits per heavy atom. The molecule has 0 fully saturated rings. The molecule has 2 aromatic rings. The Balaban J connectivity index is 1.61. The largest absolute Gasteiger partial charge is 0.455 e. The number of aromatic nitrogens is 1. The van der Waals surface area contributed by atoms with E-state index in [0.29, 0.717) is 25.2 Å². The van der Waals surface area contributed by atoms with E-state index in [-0.39, 0.29) is 12.7 Å². The summed E-state index contributed by atoms with van der Waals surface area (Å²) in [6, 6.07) is 11.3. The molecule has 3 rings (SSSR count). The lowest BCUT2D eigenvalue weighted by Gasteiger charge is -2.28. The third-order valence-electron chi connectivity index (χ3n) is 4.17. The highest BCUT2D eigenvalue weighted by Gasteiger charge is 2.25. The van der Waals surface area contributed by atoms with Crippen LogP contribution in [0.3, 0.4) is 0 Å². The second-order valence-corrected chi connectivity index (χ2v) is 7.55. The normalized spacial score (nSPS) is 13.7. The minimum atomic E-state index is -0.562. The van der Waals surface area contributed by atoms with E-state index in [4.69, 9.17) is 9.47 Å². The Kier molecular flexibility index (Phi) is 5.44. The quantitative estimate of drug-likeness (QED) is 0.772. The maximum atomic E-state index is 12.3. The fourth-order valence-corrected chi connectivity index (χ4v) is 2.85. The van der Waals surface area contributed by atoms with Crippen LogP contribution in [0.4, 0.5) is 4.79 Å². The number of rotatable bonds is 3. The van der Waals surface area contributed by atoms with E-state index in [1.54, 1.807) is 17.2 Å². The van der Waals surface area contributed by atoms with Gasteiger partial charge < -0.3 is 14.4 Å². The first-order valence-electron chi connectivity index (χ1n) is 8.98. The predicted molar refractivity (Wildman–Crippen MR) is 100 cm³/mol. The van der Waals surface area contributed by atoms with Crippen molar-refractivity contribution in [2.24, 2.45) is 0 Å². The number of carbonyl (C=O) groups excluding carboxylic acids is 2. The molecule has 0 aliphatic carbocycles. The van der Waals surface area contributed by atoms with Gasteiger partial charge in [0.2, 0.25) is 0 Å². The summed E-state index contributed by atoms with van der Waals surface area (Å²) in [5.41, 5.74) is 2.62. The molecule has 1 amide bonds. The Labute approximate surface area is 159 Å². The highest BCUT2D eigenvalue weighted by molar-refractivity contribution is 5.87. The number of carbonyl (C=O) groups is 2. The Bertz CT molecular complexity index is 828. The van der Waals surface area contributed by atoms with E-state index in [1.807, 2.05) is 51.1 Å². The Morgan fingerprint density at radius 2 is 1.89 bits per heavy atom. The van der Waals surface area contributed by atoms with Crippen molar-refractivity contribution in [3.63, 3.8) is 0 Å². The minimum Gasteiger partial charge on any atom is -0.455 e. The first-order chi connectivity index (χ1) is 12.8. The molecule has 27 heavy (non-hydrogen) atoms. The lowest BCUT2D eigenvalue weighted by atomic mass is 10.0. The molecule has 1 aromatic heterocycles. The van der Waals surface area contributed by atoms with Crippen LogP contribution in [0, 0.1) is 0 Å². The van der Waals surface area contributed by atoms with Crippen molar-refractivity contribution in [2.75, 3.05) is 6.54 Å². The van der Waals surface area contributed by atoms with E-state index < -0.39 is 11.6 Å². The van der Waals surface area contributed by atoms with Crippen molar-refractivity contribution in [1.29, 1.82) is 0 Å². The summed E-state index contributed by atoms with van der Waals surface area (Å²) in [6.07, 6.45) is 1.94. The van der Waals surface area contributed by atoms with Gasteiger partial charge in [-0.2, -0.15) is 0 Å². The zero-order valence-corrected chi connectivity index (χ0v) is 15.9. The van der Waals surface area contributed by atoms with Gasteiger partial charge in [0.15, 0.2) is 0 Å². The van der Waals surface area contributed by atoms with Crippen molar-refractivity contribution in [1.82, 2.24) is 9.88 Å². The molecule has 142 valence electrons. The molecule has 0 N–H and O–H groups in total. The number of pyridine rings is 1. The molecule has 0 radical (unpaired) electrons. The van der Waals surface area contributed by atoms with Crippen molar-refractivity contribution < 1.29 is 19.1 Å². The maximum absolute atomic E-state index is 12.3. The van der Waals surface area contributed by atoms with Gasteiger partial charge in [-0.15, -0.1) is 0 Å². The van der Waals surface area contributed by atoms with E-state index in [9.17, 15) is 9.59 Å². The van der Waals surface area contributed by atoms with Crippen LogP contribution in [-0.4, -0.2) is 34.1 Å². The molecule has 1 aliphatic rings. The van der Waals surface area contributed by atoms with Gasteiger partial charge >= 0.3 is 12.1 Å². The molecule has 0 saturated carbocycles. The number of ether oxygens (including phenoxy) is 2. The average Bonchev–Trinajstić information content (AvgIpc) is 2.64. The van der Waals surface area contributed by atoms with Crippen LogP contribution in [0.15, 0.2) is 42.6 Å². The summed E-state index contributed by atoms with van der Waals surface area (Å²) in [7, 11) is 0. The zero-order valence-electron chi connectivity index (χ0n) is 15.9. The number of hydrogen-bond donors (Lipinski definition) is 0. The third-order valence-corrected chi connectivity index (χ3v) is 4.17. The fraction of sp³-hybridized carbons (Fsp3) is 0.381. The van der Waals surface area contributed by atoms with E-state index in [0.717, 1.165) is 16.7 Å². The van der Waals surface area contributed by atoms with Crippen LogP contribution in [-0.2, 0) is 29.0 Å². The summed E-state index contributed by atoms with van der Waals surface area (Å²) in [5.74, 6) is -0.435. The standard InChI is InChI=1S/C21H24N2O4/c1-21(2,3)27-19(24)18-11-16-9-10-23(13-17(16)12-22-18)20(25)26-14-15-7-5-4-6-8-15/h4-8,11-12H,9-10,13-14H2,1-3H3. The fourth-order valence-electron chi connectivity index (χ4n) is 2.85. The summed E-state index contributed by atoms with van der Waals surface area (Å²) in [4.78, 5) is 30.4. The van der Waals surface area contributed by atoms with E-state index in [2.05, 4.69) is 4.98 Å². The first-order valence-corrected chi connectivity index (χ1v) is 8.98. The smallest absolute Gasteiger partial charge is 0.410 e. The number of amides is 1. The molecule has 0 saturated heterocycles. The monoisotopic (exact) mass is 368 g/mol. The number of nitrogens with zero attached hydrogens (tertiary/aromatic N) is 2. The number of benzene rings is 1. The summed E-state index contributed by atoms with van der Waals surface area (Å²) < 4.78 is 10.8. The van der Waals surface area contributed by atoms with Gasteiger partial charge in [-0.1, -0.05) is 30.3 Å². The molecular formula is C21H24N2O4. The molecule has 1 aliphatic heterocycles. The van der Waals surface area contributed by atoms with E-state index in [1.165, 1.54) is 0 Å². The minimum absolute atomic E-state index is 0.249. The summed E-state index contributed by atoms with van der Waals surface area (Å²) in [6.45, 7) is 6.68. The van der Waals surface area contributed by atoms with Crippen LogP contribution < -0.4 is 0 Å². The average molecular weight is 368 g/mol. The molecule has 0 unspecified atom stereocenters. The molecule has 6 heteroatoms. The Hall–Kier alpha value is -2.89. The second-order valence-electron chi connectivity index (χ2n) is 7.55. The first kappa shape index (κ1) is 18.9. The van der Waals surface area contributed by atoms with Crippen LogP contribution >= 0.6 is 0 Å². The molecule has 0 atom stereocenters. The van der Waals surface area contributed by atoms with Crippen molar-refractivity contribution in [3.8, 4) is 0 Å². The van der Waals surface area contributed by atoms with Crippen LogP contribution in [0.1, 0.15) is 48.0 Å². The van der Waals surface area contributed by atoms with Gasteiger partial charge in [0.1, 0.15) is 17.9 Å². The van der Waals surface area contributed by atoms with Gasteiger partial charge in [0.25, 0.3) is 0 Å². The topological polar surface area (TPSA) is 68.7 Å². The second kappa shape index (κ2) is 7.78. The molecule has 0 bridgehead atoms. The highest BCUT2D eigenvalue weighted by atomic mass is 16.6. The summed E-state index contributed by atoms with van der Waals surface area (Å²) in [5, 5.41) is 0. The van der Waals surface area contributed by atoms with Gasteiger partial charge in [-0.05, 0) is 49.9 Å². The zero-order chi connectivity index (χ0) is 19.4. The van der Waals surface area contributed by atoms with Gasteiger partial charge in [-0.3, -0.25) is 0 Å². The molecule has 2 heterocycles. The van der Waals surface area contributed by atoms with Crippen LogP contribution in [0.25, 0.3) is 0 Å². The number of esters is 1. The van der Waals surface area contributed by atoms with Gasteiger partial charge in [0.05, 0.1) is 6.54 Å². The van der Waals surface area contributed by atoms with Crippen LogP contribution in [0.5, 0.6) is 0 Å². The molecule has 6 nitrogen and oxygen atoms in total. The van der Waals surface area contributed by atoms with Crippen molar-refractivity contribution in [2.45, 2.75) is 45.9 Å².